The summed E-state index contributed by atoms with van der Waals surface area (Å²) in [7, 11) is 0. The number of nitrogens with zero attached hydrogens (tertiary/aromatic N) is 5. The molecule has 32 heavy (non-hydrogen) atoms. The van der Waals surface area contributed by atoms with Crippen molar-refractivity contribution in [3.8, 4) is 0 Å². The third kappa shape index (κ3) is 5.38. The largest absolute Gasteiger partial charge is 0.490 e. The molecule has 1 amide bonds. The number of halogens is 3. The van der Waals surface area contributed by atoms with Crippen LogP contribution in [0.3, 0.4) is 0 Å². The van der Waals surface area contributed by atoms with Crippen LogP contribution in [0.1, 0.15) is 40.4 Å². The molecule has 0 bridgehead atoms. The number of hydrogen-bond acceptors (Lipinski definition) is 5. The van der Waals surface area contributed by atoms with Crippen LogP contribution >= 0.6 is 0 Å². The predicted octanol–water partition coefficient (Wildman–Crippen LogP) is 2.83. The number of carbonyl (C=O) groups is 2. The quantitative estimate of drug-likeness (QED) is 0.752. The van der Waals surface area contributed by atoms with E-state index >= 15 is 0 Å². The number of piperazine rings is 1. The highest BCUT2D eigenvalue weighted by Crippen LogP contribution is 2.23. The average molecular weight is 453 g/mol. The number of anilines is 1. The van der Waals surface area contributed by atoms with Gasteiger partial charge in [-0.15, -0.1) is 10.2 Å². The van der Waals surface area contributed by atoms with Crippen LogP contribution in [0, 0.1) is 13.8 Å². The topological polar surface area (TPSA) is 91.6 Å². The average Bonchev–Trinajstić information content (AvgIpc) is 3.17. The maximum atomic E-state index is 12.9. The first-order valence-electron chi connectivity index (χ1n) is 10.4. The lowest BCUT2D eigenvalue weighted by Crippen LogP contribution is -2.49. The second-order valence-electron chi connectivity index (χ2n) is 7.92. The minimum Gasteiger partial charge on any atom is -0.475 e. The van der Waals surface area contributed by atoms with Gasteiger partial charge in [0, 0.05) is 44.8 Å². The summed E-state index contributed by atoms with van der Waals surface area (Å²) in [6.07, 6.45) is -1.91. The van der Waals surface area contributed by atoms with Crippen molar-refractivity contribution in [2.75, 3.05) is 31.1 Å². The Morgan fingerprint density at radius 2 is 1.66 bits per heavy atom. The van der Waals surface area contributed by atoms with Crippen LogP contribution in [0.2, 0.25) is 0 Å². The summed E-state index contributed by atoms with van der Waals surface area (Å²) in [6, 6.07) is 6.56. The third-order valence-corrected chi connectivity index (χ3v) is 5.55. The van der Waals surface area contributed by atoms with Crippen molar-refractivity contribution < 1.29 is 27.9 Å². The highest BCUT2D eigenvalue weighted by Gasteiger charge is 2.38. The molecular weight excluding hydrogens is 427 g/mol. The Kier molecular flexibility index (Phi) is 7.05. The first-order chi connectivity index (χ1) is 15.1. The number of rotatable bonds is 2. The lowest BCUT2D eigenvalue weighted by atomic mass is 10.1. The Morgan fingerprint density at radius 1 is 1.00 bits per heavy atom. The van der Waals surface area contributed by atoms with Gasteiger partial charge in [0.25, 0.3) is 5.91 Å². The van der Waals surface area contributed by atoms with Gasteiger partial charge in [-0.2, -0.15) is 13.2 Å². The van der Waals surface area contributed by atoms with Crippen LogP contribution in [0.5, 0.6) is 0 Å². The number of aliphatic carboxylic acids is 1. The molecule has 3 heterocycles. The number of hydrogen-bond donors (Lipinski definition) is 1. The second-order valence-corrected chi connectivity index (χ2v) is 7.92. The van der Waals surface area contributed by atoms with E-state index in [1.807, 2.05) is 9.47 Å². The summed E-state index contributed by atoms with van der Waals surface area (Å²) < 4.78 is 33.8. The zero-order valence-electron chi connectivity index (χ0n) is 18.0. The SMILES string of the molecule is Cc1ccc(N2CCN(C(=O)c3nnc4n3CCCC4)CC2)c(C)c1.O=C(O)C(F)(F)F. The fourth-order valence-electron chi connectivity index (χ4n) is 3.92. The molecule has 2 aliphatic heterocycles. The zero-order valence-corrected chi connectivity index (χ0v) is 18.0. The fourth-order valence-corrected chi connectivity index (χ4v) is 3.92. The minimum atomic E-state index is -5.08. The normalized spacial score (nSPS) is 16.2. The molecule has 1 aromatic carbocycles. The summed E-state index contributed by atoms with van der Waals surface area (Å²) in [5.74, 6) is -1.24. The van der Waals surface area contributed by atoms with Crippen molar-refractivity contribution >= 4 is 17.6 Å². The van der Waals surface area contributed by atoms with Crippen LogP contribution in [0.25, 0.3) is 0 Å². The number of fused-ring (bicyclic) bond motifs is 1. The number of aryl methyl sites for hydroxylation is 3. The number of aromatic nitrogens is 3. The van der Waals surface area contributed by atoms with Crippen LogP contribution in [0.15, 0.2) is 18.2 Å². The van der Waals surface area contributed by atoms with Crippen molar-refractivity contribution in [3.05, 3.63) is 41.0 Å². The van der Waals surface area contributed by atoms with E-state index in [1.165, 1.54) is 16.8 Å². The minimum absolute atomic E-state index is 0.0286. The van der Waals surface area contributed by atoms with Gasteiger partial charge in [0.15, 0.2) is 0 Å². The van der Waals surface area contributed by atoms with Gasteiger partial charge in [0.1, 0.15) is 5.82 Å². The molecule has 1 fully saturated rings. The molecule has 0 unspecified atom stereocenters. The third-order valence-electron chi connectivity index (χ3n) is 5.55. The number of carboxylic acids is 1. The Labute approximate surface area is 183 Å². The molecule has 0 spiro atoms. The Hall–Kier alpha value is -3.11. The zero-order chi connectivity index (χ0) is 23.5. The van der Waals surface area contributed by atoms with E-state index < -0.39 is 12.1 Å². The summed E-state index contributed by atoms with van der Waals surface area (Å²) in [5.41, 5.74) is 3.86. The van der Waals surface area contributed by atoms with Gasteiger partial charge in [-0.1, -0.05) is 17.7 Å². The number of amides is 1. The monoisotopic (exact) mass is 453 g/mol. The van der Waals surface area contributed by atoms with Gasteiger partial charge >= 0.3 is 12.1 Å². The molecule has 4 rings (SSSR count). The lowest BCUT2D eigenvalue weighted by molar-refractivity contribution is -0.192. The summed E-state index contributed by atoms with van der Waals surface area (Å²) in [6.45, 7) is 8.32. The molecule has 0 aliphatic carbocycles. The maximum Gasteiger partial charge on any atom is 0.490 e. The van der Waals surface area contributed by atoms with Crippen LogP contribution in [-0.2, 0) is 17.8 Å². The van der Waals surface area contributed by atoms with Crippen LogP contribution < -0.4 is 4.90 Å². The molecule has 0 saturated carbocycles. The molecule has 1 N–H and O–H groups in total. The van der Waals surface area contributed by atoms with Gasteiger partial charge < -0.3 is 19.5 Å². The molecule has 2 aromatic rings. The highest BCUT2D eigenvalue weighted by atomic mass is 19.4. The molecule has 11 heteroatoms. The number of alkyl halides is 3. The fraction of sp³-hybridized carbons (Fsp3) is 0.524. The van der Waals surface area contributed by atoms with Crippen LogP contribution in [-0.4, -0.2) is 69.0 Å². The van der Waals surface area contributed by atoms with Crippen molar-refractivity contribution in [3.63, 3.8) is 0 Å². The molecule has 8 nitrogen and oxygen atoms in total. The first-order valence-corrected chi connectivity index (χ1v) is 10.4. The second kappa shape index (κ2) is 9.58. The van der Waals surface area contributed by atoms with E-state index in [9.17, 15) is 18.0 Å². The van der Waals surface area contributed by atoms with Crippen molar-refractivity contribution in [1.29, 1.82) is 0 Å². The van der Waals surface area contributed by atoms with Gasteiger partial charge in [-0.25, -0.2) is 4.79 Å². The van der Waals surface area contributed by atoms with E-state index in [2.05, 4.69) is 47.1 Å². The smallest absolute Gasteiger partial charge is 0.475 e. The molecule has 1 saturated heterocycles. The number of benzene rings is 1. The lowest BCUT2D eigenvalue weighted by Gasteiger charge is -2.36. The van der Waals surface area contributed by atoms with E-state index in [4.69, 9.17) is 9.90 Å². The summed E-state index contributed by atoms with van der Waals surface area (Å²) in [4.78, 5) is 26.1. The number of carbonyl (C=O) groups excluding carboxylic acids is 1. The molecule has 0 radical (unpaired) electrons. The Morgan fingerprint density at radius 3 is 2.25 bits per heavy atom. The highest BCUT2D eigenvalue weighted by molar-refractivity contribution is 5.91. The molecule has 0 atom stereocenters. The Bertz CT molecular complexity index is 982. The molecule has 2 aliphatic rings. The molecule has 174 valence electrons. The van der Waals surface area contributed by atoms with Crippen molar-refractivity contribution in [1.82, 2.24) is 19.7 Å². The summed E-state index contributed by atoms with van der Waals surface area (Å²) in [5, 5.41) is 15.5. The van der Waals surface area contributed by atoms with Gasteiger partial charge in [0.2, 0.25) is 5.82 Å². The Balaban J connectivity index is 0.000000360. The standard InChI is InChI=1S/C19H25N5O.C2HF3O2/c1-14-6-7-16(15(2)13-14)22-9-11-23(12-10-22)19(25)18-21-20-17-5-3-4-8-24(17)18;3-2(4,5)1(6)7/h6-7,13H,3-5,8-12H2,1-2H3;(H,6,7). The predicted molar refractivity (Wildman–Crippen MR) is 111 cm³/mol. The van der Waals surface area contributed by atoms with E-state index in [-0.39, 0.29) is 5.91 Å². The van der Waals surface area contributed by atoms with Gasteiger partial charge in [-0.3, -0.25) is 4.79 Å². The van der Waals surface area contributed by atoms with E-state index in [0.717, 1.165) is 57.8 Å². The van der Waals surface area contributed by atoms with E-state index in [1.54, 1.807) is 0 Å². The first kappa shape index (κ1) is 23.6. The summed E-state index contributed by atoms with van der Waals surface area (Å²) >= 11 is 0. The number of carboxylic acid groups (broad SMARTS) is 1. The molecular formula is C21H26F3N5O3. The van der Waals surface area contributed by atoms with Gasteiger partial charge in [0.05, 0.1) is 0 Å². The van der Waals surface area contributed by atoms with Crippen molar-refractivity contribution in [2.45, 2.75) is 45.8 Å². The van der Waals surface area contributed by atoms with Gasteiger partial charge in [-0.05, 0) is 38.3 Å². The maximum absolute atomic E-state index is 12.9. The van der Waals surface area contributed by atoms with Crippen LogP contribution in [0.4, 0.5) is 18.9 Å². The molecule has 1 aromatic heterocycles. The van der Waals surface area contributed by atoms with Crippen molar-refractivity contribution in [2.24, 2.45) is 0 Å². The van der Waals surface area contributed by atoms with E-state index in [0.29, 0.717) is 5.82 Å².